The van der Waals surface area contributed by atoms with E-state index in [-0.39, 0.29) is 16.2 Å². The Balaban J connectivity index is 2.21. The van der Waals surface area contributed by atoms with Gasteiger partial charge in [0.1, 0.15) is 5.75 Å². The van der Waals surface area contributed by atoms with Crippen LogP contribution in [0.1, 0.15) is 21.5 Å². The Morgan fingerprint density at radius 3 is 2.39 bits per heavy atom. The van der Waals surface area contributed by atoms with Crippen LogP contribution in [0.25, 0.3) is 0 Å². The molecule has 0 saturated carbocycles. The lowest BCUT2D eigenvalue weighted by Crippen LogP contribution is -2.24. The van der Waals surface area contributed by atoms with Crippen molar-refractivity contribution < 1.29 is 31.1 Å². The van der Waals surface area contributed by atoms with Crippen molar-refractivity contribution in [2.24, 2.45) is 16.5 Å². The van der Waals surface area contributed by atoms with E-state index in [9.17, 15) is 26.4 Å². The molecule has 0 bridgehead atoms. The second-order valence-corrected chi connectivity index (χ2v) is 7.66. The number of benzene rings is 2. The van der Waals surface area contributed by atoms with Crippen molar-refractivity contribution in [1.82, 2.24) is 0 Å². The average molecular weight is 415 g/mol. The lowest BCUT2D eigenvalue weighted by Gasteiger charge is -2.11. The monoisotopic (exact) mass is 415 g/mol. The van der Waals surface area contributed by atoms with E-state index in [1.165, 1.54) is 25.1 Å². The third-order valence-electron chi connectivity index (χ3n) is 3.56. The average Bonchev–Trinajstić information content (AvgIpc) is 2.59. The lowest BCUT2D eigenvalue weighted by molar-refractivity contribution is -0.137. The maximum absolute atomic E-state index is 12.7. The van der Waals surface area contributed by atoms with Crippen molar-refractivity contribution in [3.63, 3.8) is 0 Å². The second kappa shape index (κ2) is 7.89. The number of carbonyl (C=O) groups excluding carboxylic acids is 1. The van der Waals surface area contributed by atoms with E-state index in [0.717, 1.165) is 18.2 Å². The minimum atomic E-state index is -4.58. The molecule has 0 aliphatic rings. The third kappa shape index (κ3) is 5.22. The van der Waals surface area contributed by atoms with Gasteiger partial charge >= 0.3 is 6.18 Å². The van der Waals surface area contributed by atoms with Crippen LogP contribution in [0, 0.1) is 6.92 Å². The first kappa shape index (κ1) is 21.2. The molecule has 2 aromatic carbocycles. The molecule has 0 aromatic heterocycles. The maximum Gasteiger partial charge on any atom is 0.416 e. The molecule has 0 aliphatic heterocycles. The summed E-state index contributed by atoms with van der Waals surface area (Å²) < 4.78 is 67.9. The van der Waals surface area contributed by atoms with Crippen molar-refractivity contribution >= 4 is 21.7 Å². The van der Waals surface area contributed by atoms with Gasteiger partial charge in [0.05, 0.1) is 10.5 Å². The lowest BCUT2D eigenvalue weighted by atomic mass is 10.1. The van der Waals surface area contributed by atoms with E-state index in [4.69, 9.17) is 16.2 Å². The number of amides is 1. The van der Waals surface area contributed by atoms with Gasteiger partial charge in [0.15, 0.2) is 11.9 Å². The van der Waals surface area contributed by atoms with Crippen molar-refractivity contribution in [1.29, 1.82) is 0 Å². The topological polar surface area (TPSA) is 125 Å². The number of aliphatic imine (C=N–C) groups is 1. The first-order chi connectivity index (χ1) is 12.9. The molecule has 2 aromatic rings. The van der Waals surface area contributed by atoms with Crippen LogP contribution in [0.3, 0.4) is 0 Å². The van der Waals surface area contributed by atoms with Gasteiger partial charge in [-0.2, -0.15) is 18.2 Å². The number of ether oxygens (including phenoxy) is 1. The number of sulfone groups is 1. The number of halogens is 3. The number of nitrogens with two attached hydrogens (primary N) is 2. The Bertz CT molecular complexity index is 1030. The van der Waals surface area contributed by atoms with Gasteiger partial charge < -0.3 is 16.2 Å². The molecule has 0 unspecified atom stereocenters. The zero-order valence-corrected chi connectivity index (χ0v) is 15.3. The Kier molecular flexibility index (Phi) is 5.98. The normalized spacial score (nSPS) is 11.7. The fourth-order valence-corrected chi connectivity index (χ4v) is 3.28. The molecule has 7 nitrogen and oxygen atoms in total. The number of alkyl halides is 3. The molecule has 28 heavy (non-hydrogen) atoms. The summed E-state index contributed by atoms with van der Waals surface area (Å²) >= 11 is 0. The standard InChI is InChI=1S/C17H16F3N3O4S/c1-10-7-13(5-6-14(10)15(24)23-16(21)22)28(25,26)9-27-12-4-2-3-11(8-12)17(18,19)20/h2-8H,9H2,1H3,(H4,21,22,23,24). The SMILES string of the molecule is Cc1cc(S(=O)(=O)COc2cccc(C(F)(F)F)c2)ccc1C(=O)N=C(N)N. The van der Waals surface area contributed by atoms with Crippen LogP contribution in [-0.4, -0.2) is 26.2 Å². The highest BCUT2D eigenvalue weighted by molar-refractivity contribution is 7.91. The van der Waals surface area contributed by atoms with E-state index >= 15 is 0 Å². The number of nitrogens with zero attached hydrogens (tertiary/aromatic N) is 1. The van der Waals surface area contributed by atoms with Gasteiger partial charge in [0.2, 0.25) is 9.84 Å². The van der Waals surface area contributed by atoms with E-state index < -0.39 is 39.4 Å². The number of aryl methyl sites for hydroxylation is 1. The summed E-state index contributed by atoms with van der Waals surface area (Å²) in [6, 6.07) is 7.50. The highest BCUT2D eigenvalue weighted by Crippen LogP contribution is 2.31. The van der Waals surface area contributed by atoms with Gasteiger partial charge in [0.25, 0.3) is 5.91 Å². The van der Waals surface area contributed by atoms with Crippen molar-refractivity contribution in [3.8, 4) is 5.75 Å². The number of hydrogen-bond acceptors (Lipinski definition) is 4. The molecule has 11 heteroatoms. The highest BCUT2D eigenvalue weighted by Gasteiger charge is 2.30. The molecular formula is C17H16F3N3O4S. The summed E-state index contributed by atoms with van der Waals surface area (Å²) in [6.07, 6.45) is -4.58. The molecule has 4 N–H and O–H groups in total. The summed E-state index contributed by atoms with van der Waals surface area (Å²) in [5.41, 5.74) is 9.72. The number of guanidine groups is 1. The first-order valence-corrected chi connectivity index (χ1v) is 9.33. The van der Waals surface area contributed by atoms with Gasteiger partial charge in [0, 0.05) is 5.56 Å². The summed E-state index contributed by atoms with van der Waals surface area (Å²) in [6.45, 7) is 1.49. The van der Waals surface area contributed by atoms with Crippen LogP contribution in [-0.2, 0) is 16.0 Å². The van der Waals surface area contributed by atoms with Gasteiger partial charge in [-0.1, -0.05) is 6.07 Å². The smallest absolute Gasteiger partial charge is 0.416 e. The first-order valence-electron chi connectivity index (χ1n) is 7.67. The van der Waals surface area contributed by atoms with E-state index in [0.29, 0.717) is 11.6 Å². The van der Waals surface area contributed by atoms with Crippen molar-refractivity contribution in [2.75, 3.05) is 5.94 Å². The molecule has 0 atom stereocenters. The molecule has 0 fully saturated rings. The van der Waals surface area contributed by atoms with Gasteiger partial charge in [-0.3, -0.25) is 4.79 Å². The molecular weight excluding hydrogens is 399 g/mol. The fraction of sp³-hybridized carbons (Fsp3) is 0.176. The van der Waals surface area contributed by atoms with Crippen LogP contribution in [0.5, 0.6) is 5.75 Å². The van der Waals surface area contributed by atoms with Crippen LogP contribution in [0.15, 0.2) is 52.4 Å². The predicted octanol–water partition coefficient (Wildman–Crippen LogP) is 2.24. The largest absolute Gasteiger partial charge is 0.477 e. The Labute approximate surface area is 158 Å². The molecule has 0 saturated heterocycles. The minimum absolute atomic E-state index is 0.103. The van der Waals surface area contributed by atoms with Crippen LogP contribution in [0.2, 0.25) is 0 Å². The molecule has 0 aliphatic carbocycles. The summed E-state index contributed by atoms with van der Waals surface area (Å²) in [7, 11) is -3.99. The third-order valence-corrected chi connectivity index (χ3v) is 4.96. The van der Waals surface area contributed by atoms with E-state index in [1.54, 1.807) is 0 Å². The molecule has 150 valence electrons. The van der Waals surface area contributed by atoms with Crippen LogP contribution >= 0.6 is 0 Å². The Hall–Kier alpha value is -3.08. The molecule has 1 amide bonds. The quantitative estimate of drug-likeness (QED) is 0.570. The van der Waals surface area contributed by atoms with Crippen LogP contribution < -0.4 is 16.2 Å². The van der Waals surface area contributed by atoms with Crippen LogP contribution in [0.4, 0.5) is 13.2 Å². The zero-order valence-electron chi connectivity index (χ0n) is 14.5. The summed E-state index contributed by atoms with van der Waals surface area (Å²) in [5, 5.41) is 0. The minimum Gasteiger partial charge on any atom is -0.477 e. The van der Waals surface area contributed by atoms with Crippen molar-refractivity contribution in [3.05, 3.63) is 59.2 Å². The predicted molar refractivity (Wildman–Crippen MR) is 95.4 cm³/mol. The maximum atomic E-state index is 12.7. The van der Waals surface area contributed by atoms with Gasteiger partial charge in [-0.15, -0.1) is 0 Å². The van der Waals surface area contributed by atoms with Gasteiger partial charge in [-0.25, -0.2) is 8.42 Å². The molecule has 0 spiro atoms. The summed E-state index contributed by atoms with van der Waals surface area (Å²) in [5.74, 6) is -2.29. The van der Waals surface area contributed by atoms with E-state index in [2.05, 4.69) is 4.99 Å². The number of carbonyl (C=O) groups is 1. The van der Waals surface area contributed by atoms with E-state index in [1.807, 2.05) is 0 Å². The number of rotatable bonds is 5. The van der Waals surface area contributed by atoms with Crippen molar-refractivity contribution in [2.45, 2.75) is 18.0 Å². The molecule has 2 rings (SSSR count). The Morgan fingerprint density at radius 2 is 1.82 bits per heavy atom. The number of hydrogen-bond donors (Lipinski definition) is 2. The highest BCUT2D eigenvalue weighted by atomic mass is 32.2. The molecule has 0 heterocycles. The fourth-order valence-electron chi connectivity index (χ4n) is 2.22. The molecule has 0 radical (unpaired) electrons. The Morgan fingerprint density at radius 1 is 1.14 bits per heavy atom. The summed E-state index contributed by atoms with van der Waals surface area (Å²) in [4.78, 5) is 15.1. The second-order valence-electron chi connectivity index (χ2n) is 5.72. The van der Waals surface area contributed by atoms with Gasteiger partial charge in [-0.05, 0) is 48.9 Å². The zero-order chi connectivity index (χ0) is 21.1.